The highest BCUT2D eigenvalue weighted by Gasteiger charge is 2.19. The number of fused-ring (bicyclic) bond motifs is 1. The molecule has 0 saturated heterocycles. The Morgan fingerprint density at radius 2 is 1.74 bits per heavy atom. The van der Waals surface area contributed by atoms with E-state index in [4.69, 9.17) is 10.8 Å². The standard InChI is InChI=1S/C15H14N3O/c16-8-11-3-6-13-14(7-11)17-18-15(13)12-4-1-10(9-19)2-5-12/h1-7,19H,8-9,16H2. The summed E-state index contributed by atoms with van der Waals surface area (Å²) in [7, 11) is 0. The molecule has 0 aliphatic carbocycles. The van der Waals surface area contributed by atoms with Crippen LogP contribution in [-0.4, -0.2) is 10.8 Å². The third-order valence-electron chi connectivity index (χ3n) is 3.22. The van der Waals surface area contributed by atoms with Crippen molar-refractivity contribution in [2.75, 3.05) is 0 Å². The van der Waals surface area contributed by atoms with Gasteiger partial charge in [0, 0.05) is 17.7 Å². The maximum absolute atomic E-state index is 9.05. The summed E-state index contributed by atoms with van der Waals surface area (Å²) in [6.07, 6.45) is 0. The predicted octanol–water partition coefficient (Wildman–Crippen LogP) is 1.64. The van der Waals surface area contributed by atoms with Crippen molar-refractivity contribution >= 4 is 11.4 Å². The molecule has 2 aromatic rings. The van der Waals surface area contributed by atoms with E-state index in [2.05, 4.69) is 10.5 Å². The second-order valence-electron chi connectivity index (χ2n) is 4.46. The minimum absolute atomic E-state index is 0.0492. The first kappa shape index (κ1) is 11.9. The van der Waals surface area contributed by atoms with Crippen LogP contribution in [0.15, 0.2) is 47.6 Å². The molecule has 0 saturated carbocycles. The topological polar surface area (TPSA) is 72.7 Å². The molecule has 3 N–H and O–H groups in total. The quantitative estimate of drug-likeness (QED) is 0.871. The Hall–Kier alpha value is -2.17. The van der Waals surface area contributed by atoms with Crippen molar-refractivity contribution in [3.8, 4) is 0 Å². The highest BCUT2D eigenvalue weighted by Crippen LogP contribution is 2.27. The molecule has 0 amide bonds. The van der Waals surface area contributed by atoms with Gasteiger partial charge < -0.3 is 10.8 Å². The third kappa shape index (κ3) is 2.12. The lowest BCUT2D eigenvalue weighted by atomic mass is 9.99. The molecule has 4 nitrogen and oxygen atoms in total. The average molecular weight is 252 g/mol. The first-order valence-corrected chi connectivity index (χ1v) is 6.14. The molecule has 0 aromatic heterocycles. The van der Waals surface area contributed by atoms with Gasteiger partial charge in [0.1, 0.15) is 5.71 Å². The minimum Gasteiger partial charge on any atom is -0.392 e. The predicted molar refractivity (Wildman–Crippen MR) is 74.1 cm³/mol. The number of aliphatic hydroxyl groups excluding tert-OH is 1. The molecule has 0 spiro atoms. The van der Waals surface area contributed by atoms with Crippen LogP contribution in [0.4, 0.5) is 5.69 Å². The molecule has 0 unspecified atom stereocenters. The van der Waals surface area contributed by atoms with Crippen molar-refractivity contribution in [3.05, 3.63) is 64.7 Å². The van der Waals surface area contributed by atoms with Gasteiger partial charge >= 0.3 is 0 Å². The largest absolute Gasteiger partial charge is 0.392 e. The van der Waals surface area contributed by atoms with Crippen molar-refractivity contribution < 1.29 is 5.11 Å². The maximum atomic E-state index is 9.05. The van der Waals surface area contributed by atoms with E-state index in [0.29, 0.717) is 6.54 Å². The van der Waals surface area contributed by atoms with Crippen molar-refractivity contribution in [3.63, 3.8) is 0 Å². The molecule has 2 aromatic carbocycles. The van der Waals surface area contributed by atoms with Crippen LogP contribution in [-0.2, 0) is 13.2 Å². The van der Waals surface area contributed by atoms with E-state index >= 15 is 0 Å². The fourth-order valence-electron chi connectivity index (χ4n) is 2.13. The SMILES string of the molecule is NCc1ccc2c(c1)[N]N=C2c1ccc(CO)cc1. The van der Waals surface area contributed by atoms with Crippen molar-refractivity contribution in [1.82, 2.24) is 5.43 Å². The van der Waals surface area contributed by atoms with E-state index in [0.717, 1.165) is 33.7 Å². The van der Waals surface area contributed by atoms with E-state index in [1.807, 2.05) is 42.5 Å². The second kappa shape index (κ2) is 4.84. The summed E-state index contributed by atoms with van der Waals surface area (Å²) in [5.41, 5.74) is 15.5. The van der Waals surface area contributed by atoms with Gasteiger partial charge in [-0.2, -0.15) is 0 Å². The van der Waals surface area contributed by atoms with Gasteiger partial charge in [0.2, 0.25) is 0 Å². The number of hydrogen-bond acceptors (Lipinski definition) is 3. The maximum Gasteiger partial charge on any atom is 0.102 e. The zero-order chi connectivity index (χ0) is 13.2. The van der Waals surface area contributed by atoms with Gasteiger partial charge in [-0.25, -0.2) is 0 Å². The lowest BCUT2D eigenvalue weighted by Crippen LogP contribution is -2.01. The summed E-state index contributed by atoms with van der Waals surface area (Å²) in [6, 6.07) is 13.7. The van der Waals surface area contributed by atoms with E-state index in [-0.39, 0.29) is 6.61 Å². The zero-order valence-electron chi connectivity index (χ0n) is 10.4. The van der Waals surface area contributed by atoms with Gasteiger partial charge in [0.25, 0.3) is 0 Å². The van der Waals surface area contributed by atoms with Crippen LogP contribution < -0.4 is 11.2 Å². The summed E-state index contributed by atoms with van der Waals surface area (Å²) in [4.78, 5) is 0. The number of rotatable bonds is 3. The molecule has 1 aliphatic rings. The van der Waals surface area contributed by atoms with Crippen LogP contribution in [0.2, 0.25) is 0 Å². The van der Waals surface area contributed by atoms with Crippen LogP contribution in [0, 0.1) is 0 Å². The van der Waals surface area contributed by atoms with E-state index in [1.54, 1.807) is 0 Å². The molecular weight excluding hydrogens is 238 g/mol. The number of aliphatic hydroxyl groups is 1. The van der Waals surface area contributed by atoms with Gasteiger partial charge in [-0.15, -0.1) is 10.5 Å². The summed E-state index contributed by atoms with van der Waals surface area (Å²) < 4.78 is 0. The second-order valence-corrected chi connectivity index (χ2v) is 4.46. The monoisotopic (exact) mass is 252 g/mol. The lowest BCUT2D eigenvalue weighted by Gasteiger charge is -2.04. The molecule has 95 valence electrons. The number of nitrogens with two attached hydrogens (primary N) is 1. The third-order valence-corrected chi connectivity index (χ3v) is 3.22. The van der Waals surface area contributed by atoms with Gasteiger partial charge in [0.05, 0.1) is 12.3 Å². The molecule has 3 rings (SSSR count). The summed E-state index contributed by atoms with van der Waals surface area (Å²) in [5.74, 6) is 0. The Morgan fingerprint density at radius 1 is 1.00 bits per heavy atom. The Balaban J connectivity index is 1.96. The Kier molecular flexibility index (Phi) is 3.03. The normalized spacial score (nSPS) is 12.8. The fourth-order valence-corrected chi connectivity index (χ4v) is 2.13. The smallest absolute Gasteiger partial charge is 0.102 e. The van der Waals surface area contributed by atoms with E-state index in [9.17, 15) is 0 Å². The Morgan fingerprint density at radius 3 is 2.42 bits per heavy atom. The van der Waals surface area contributed by atoms with Gasteiger partial charge in [-0.1, -0.05) is 36.4 Å². The molecule has 0 bridgehead atoms. The number of nitrogens with zero attached hydrogens (tertiary/aromatic N) is 2. The highest BCUT2D eigenvalue weighted by atomic mass is 16.3. The summed E-state index contributed by atoms with van der Waals surface area (Å²) >= 11 is 0. The Bertz CT molecular complexity index is 632. The average Bonchev–Trinajstić information content (AvgIpc) is 2.90. The van der Waals surface area contributed by atoms with Gasteiger partial charge in [-0.3, -0.25) is 0 Å². The first-order chi connectivity index (χ1) is 9.31. The van der Waals surface area contributed by atoms with Crippen LogP contribution in [0.25, 0.3) is 0 Å². The molecule has 1 heterocycles. The molecule has 1 aliphatic heterocycles. The highest BCUT2D eigenvalue weighted by molar-refractivity contribution is 6.17. The van der Waals surface area contributed by atoms with Crippen LogP contribution >= 0.6 is 0 Å². The fraction of sp³-hybridized carbons (Fsp3) is 0.133. The molecule has 0 atom stereocenters. The van der Waals surface area contributed by atoms with Gasteiger partial charge in [-0.05, 0) is 17.2 Å². The van der Waals surface area contributed by atoms with Crippen molar-refractivity contribution in [2.45, 2.75) is 13.2 Å². The van der Waals surface area contributed by atoms with E-state index in [1.165, 1.54) is 0 Å². The van der Waals surface area contributed by atoms with Crippen LogP contribution in [0.3, 0.4) is 0 Å². The Labute approximate surface area is 111 Å². The summed E-state index contributed by atoms with van der Waals surface area (Å²) in [6.45, 7) is 0.552. The lowest BCUT2D eigenvalue weighted by molar-refractivity contribution is 0.282. The molecule has 1 radical (unpaired) electrons. The van der Waals surface area contributed by atoms with Crippen molar-refractivity contribution in [1.29, 1.82) is 0 Å². The zero-order valence-corrected chi connectivity index (χ0v) is 10.4. The van der Waals surface area contributed by atoms with Gasteiger partial charge in [0.15, 0.2) is 0 Å². The number of hydrogen-bond donors (Lipinski definition) is 2. The molecule has 0 fully saturated rings. The van der Waals surface area contributed by atoms with Crippen molar-refractivity contribution in [2.24, 2.45) is 10.8 Å². The molecular formula is C15H14N3O. The van der Waals surface area contributed by atoms with E-state index < -0.39 is 0 Å². The number of benzene rings is 2. The summed E-state index contributed by atoms with van der Waals surface area (Å²) in [5, 5.41) is 13.3. The van der Waals surface area contributed by atoms with Crippen LogP contribution in [0.5, 0.6) is 0 Å². The van der Waals surface area contributed by atoms with Crippen LogP contribution in [0.1, 0.15) is 22.3 Å². The molecule has 19 heavy (non-hydrogen) atoms. The minimum atomic E-state index is 0.0492. The first-order valence-electron chi connectivity index (χ1n) is 6.14. The molecule has 4 heteroatoms.